The topological polar surface area (TPSA) is 18.5 Å². The third-order valence-corrected chi connectivity index (χ3v) is 3.05. The first-order valence-corrected chi connectivity index (χ1v) is 6.91. The second kappa shape index (κ2) is 7.24. The quantitative estimate of drug-likeness (QED) is 0.670. The van der Waals surface area contributed by atoms with E-state index in [1.807, 2.05) is 0 Å². The van der Waals surface area contributed by atoms with Crippen LogP contribution in [0.2, 0.25) is 0 Å². The highest BCUT2D eigenvalue weighted by molar-refractivity contribution is 9.10. The van der Waals surface area contributed by atoms with Crippen LogP contribution in [0.4, 0.5) is 13.2 Å². The van der Waals surface area contributed by atoms with E-state index in [4.69, 9.17) is 21.1 Å². The summed E-state index contributed by atoms with van der Waals surface area (Å²) in [4.78, 5) is 0. The van der Waals surface area contributed by atoms with Crippen LogP contribution in [0.15, 0.2) is 16.6 Å². The molecule has 7 heteroatoms. The Kier molecular flexibility index (Phi) is 6.26. The lowest BCUT2D eigenvalue weighted by Gasteiger charge is -2.15. The number of hydrogen-bond donors (Lipinski definition) is 0. The van der Waals surface area contributed by atoms with Crippen LogP contribution < -0.4 is 9.47 Å². The van der Waals surface area contributed by atoms with E-state index in [9.17, 15) is 13.2 Å². The molecule has 0 fully saturated rings. The molecule has 0 unspecified atom stereocenters. The molecule has 0 atom stereocenters. The van der Waals surface area contributed by atoms with Crippen LogP contribution in [0.5, 0.6) is 11.5 Å². The van der Waals surface area contributed by atoms with Gasteiger partial charge in [-0.1, -0.05) is 0 Å². The molecule has 0 heterocycles. The Bertz CT molecular complexity index is 424. The van der Waals surface area contributed by atoms with Crippen LogP contribution in [-0.4, -0.2) is 19.4 Å². The predicted octanol–water partition coefficient (Wildman–Crippen LogP) is 4.92. The summed E-state index contributed by atoms with van der Waals surface area (Å²) in [7, 11) is 0. The van der Waals surface area contributed by atoms with Crippen molar-refractivity contribution in [3.8, 4) is 11.5 Å². The Morgan fingerprint density at radius 3 is 2.47 bits per heavy atom. The highest BCUT2D eigenvalue weighted by Gasteiger charge is 2.27. The summed E-state index contributed by atoms with van der Waals surface area (Å²) in [6.07, 6.45) is -5.25. The van der Waals surface area contributed by atoms with Gasteiger partial charge in [0.25, 0.3) is 0 Å². The van der Waals surface area contributed by atoms with Crippen LogP contribution in [0, 0.1) is 0 Å². The van der Waals surface area contributed by atoms with Gasteiger partial charge >= 0.3 is 6.18 Å². The van der Waals surface area contributed by atoms with E-state index < -0.39 is 19.2 Å². The SMILES string of the molecule is CCOc1cc(CCl)cc(Br)c1OCCC(F)(F)F. The number of benzene rings is 1. The van der Waals surface area contributed by atoms with Crippen molar-refractivity contribution in [1.29, 1.82) is 0 Å². The maximum Gasteiger partial charge on any atom is 0.392 e. The first kappa shape index (κ1) is 16.4. The Morgan fingerprint density at radius 1 is 1.26 bits per heavy atom. The summed E-state index contributed by atoms with van der Waals surface area (Å²) in [6.45, 7) is 1.71. The van der Waals surface area contributed by atoms with Crippen LogP contribution in [-0.2, 0) is 5.88 Å². The fraction of sp³-hybridized carbons (Fsp3) is 0.500. The second-order valence-electron chi connectivity index (χ2n) is 3.69. The van der Waals surface area contributed by atoms with Gasteiger partial charge in [-0.15, -0.1) is 11.6 Å². The normalized spacial score (nSPS) is 11.5. The third-order valence-electron chi connectivity index (χ3n) is 2.16. The van der Waals surface area contributed by atoms with Gasteiger partial charge in [-0.25, -0.2) is 0 Å². The molecule has 0 N–H and O–H groups in total. The number of rotatable bonds is 6. The largest absolute Gasteiger partial charge is 0.490 e. The highest BCUT2D eigenvalue weighted by atomic mass is 79.9. The lowest BCUT2D eigenvalue weighted by atomic mass is 10.2. The summed E-state index contributed by atoms with van der Waals surface area (Å²) in [5, 5.41) is 0. The van der Waals surface area contributed by atoms with Gasteiger partial charge in [-0.05, 0) is 40.5 Å². The van der Waals surface area contributed by atoms with Crippen molar-refractivity contribution in [3.63, 3.8) is 0 Å². The maximum absolute atomic E-state index is 12.1. The van der Waals surface area contributed by atoms with E-state index in [2.05, 4.69) is 15.9 Å². The number of alkyl halides is 4. The molecule has 0 bridgehead atoms. The number of hydrogen-bond acceptors (Lipinski definition) is 2. The standard InChI is InChI=1S/C12H13BrClF3O2/c1-2-18-10-6-8(7-14)5-9(13)11(10)19-4-3-12(15,16)17/h5-6H,2-4,7H2,1H3. The fourth-order valence-corrected chi connectivity index (χ4v) is 2.13. The molecule has 0 aromatic heterocycles. The zero-order chi connectivity index (χ0) is 14.5. The molecule has 0 aliphatic rings. The maximum atomic E-state index is 12.1. The van der Waals surface area contributed by atoms with E-state index in [1.165, 1.54) is 0 Å². The highest BCUT2D eigenvalue weighted by Crippen LogP contribution is 2.37. The fourth-order valence-electron chi connectivity index (χ4n) is 1.37. The molecule has 0 spiro atoms. The third kappa shape index (κ3) is 5.48. The minimum atomic E-state index is -4.24. The molecule has 1 aromatic rings. The van der Waals surface area contributed by atoms with Gasteiger partial charge in [0.15, 0.2) is 11.5 Å². The smallest absolute Gasteiger partial charge is 0.392 e. The molecule has 0 aliphatic heterocycles. The van der Waals surface area contributed by atoms with Crippen molar-refractivity contribution in [2.24, 2.45) is 0 Å². The van der Waals surface area contributed by atoms with Crippen molar-refractivity contribution in [2.75, 3.05) is 13.2 Å². The van der Waals surface area contributed by atoms with Crippen LogP contribution in [0.3, 0.4) is 0 Å². The Hall–Kier alpha value is -0.620. The van der Waals surface area contributed by atoms with Crippen LogP contribution >= 0.6 is 27.5 Å². The van der Waals surface area contributed by atoms with Crippen LogP contribution in [0.25, 0.3) is 0 Å². The number of halogens is 5. The minimum absolute atomic E-state index is 0.264. The molecule has 19 heavy (non-hydrogen) atoms. The summed E-state index contributed by atoms with van der Waals surface area (Å²) < 4.78 is 47.3. The lowest BCUT2D eigenvalue weighted by molar-refractivity contribution is -0.139. The van der Waals surface area contributed by atoms with Gasteiger partial charge in [-0.3, -0.25) is 0 Å². The van der Waals surface area contributed by atoms with Gasteiger partial charge in [0.1, 0.15) is 0 Å². The first-order valence-electron chi connectivity index (χ1n) is 5.58. The summed E-state index contributed by atoms with van der Waals surface area (Å²) in [6, 6.07) is 3.35. The molecule has 0 saturated carbocycles. The van der Waals surface area contributed by atoms with Crippen molar-refractivity contribution in [2.45, 2.75) is 25.4 Å². The molecule has 2 nitrogen and oxygen atoms in total. The zero-order valence-electron chi connectivity index (χ0n) is 10.2. The Balaban J connectivity index is 2.85. The summed E-state index contributed by atoms with van der Waals surface area (Å²) >= 11 is 8.97. The molecule has 1 rings (SSSR count). The van der Waals surface area contributed by atoms with Gasteiger partial charge < -0.3 is 9.47 Å². The Labute approximate surface area is 123 Å². The Morgan fingerprint density at radius 2 is 1.95 bits per heavy atom. The van der Waals surface area contributed by atoms with Crippen molar-refractivity contribution in [1.82, 2.24) is 0 Å². The lowest BCUT2D eigenvalue weighted by Crippen LogP contribution is -2.13. The summed E-state index contributed by atoms with van der Waals surface area (Å²) in [5.41, 5.74) is 0.792. The predicted molar refractivity (Wildman–Crippen MR) is 71.0 cm³/mol. The van der Waals surface area contributed by atoms with E-state index >= 15 is 0 Å². The average Bonchev–Trinajstić information content (AvgIpc) is 2.31. The van der Waals surface area contributed by atoms with Gasteiger partial charge in [-0.2, -0.15) is 13.2 Å². The zero-order valence-corrected chi connectivity index (χ0v) is 12.5. The average molecular weight is 362 g/mol. The van der Waals surface area contributed by atoms with E-state index in [1.54, 1.807) is 19.1 Å². The van der Waals surface area contributed by atoms with Crippen molar-refractivity contribution < 1.29 is 22.6 Å². The molecule has 0 amide bonds. The van der Waals surface area contributed by atoms with Gasteiger partial charge in [0.05, 0.1) is 24.1 Å². The van der Waals surface area contributed by atoms with Gasteiger partial charge in [0.2, 0.25) is 0 Å². The molecule has 0 saturated heterocycles. The molecule has 1 aromatic carbocycles. The molecule has 0 radical (unpaired) electrons. The molecule has 108 valence electrons. The van der Waals surface area contributed by atoms with E-state index in [0.29, 0.717) is 16.8 Å². The second-order valence-corrected chi connectivity index (χ2v) is 4.81. The van der Waals surface area contributed by atoms with E-state index in [0.717, 1.165) is 5.56 Å². The summed E-state index contributed by atoms with van der Waals surface area (Å²) in [5.74, 6) is 0.927. The molecular formula is C12H13BrClF3O2. The number of ether oxygens (including phenoxy) is 2. The van der Waals surface area contributed by atoms with Gasteiger partial charge in [0, 0.05) is 5.88 Å². The van der Waals surface area contributed by atoms with Crippen molar-refractivity contribution >= 4 is 27.5 Å². The monoisotopic (exact) mass is 360 g/mol. The van der Waals surface area contributed by atoms with Crippen molar-refractivity contribution in [3.05, 3.63) is 22.2 Å². The van der Waals surface area contributed by atoms with Crippen LogP contribution in [0.1, 0.15) is 18.9 Å². The first-order chi connectivity index (χ1) is 8.87. The molecule has 0 aliphatic carbocycles. The minimum Gasteiger partial charge on any atom is -0.490 e. The molecular weight excluding hydrogens is 348 g/mol. The van der Waals surface area contributed by atoms with E-state index in [-0.39, 0.29) is 11.6 Å².